The minimum atomic E-state index is -3.67. The van der Waals surface area contributed by atoms with E-state index in [0.717, 1.165) is 33.1 Å². The first-order valence-corrected chi connectivity index (χ1v) is 15.2. The number of aromatic nitrogens is 1. The molecule has 178 valence electrons. The van der Waals surface area contributed by atoms with E-state index in [0.29, 0.717) is 35.1 Å². The number of thioether (sulfide) groups is 1. The lowest BCUT2D eigenvalue weighted by Gasteiger charge is -2.29. The van der Waals surface area contributed by atoms with Gasteiger partial charge < -0.3 is 9.30 Å². The highest BCUT2D eigenvalue weighted by Gasteiger charge is 2.34. The number of thiazole rings is 1. The Labute approximate surface area is 210 Å². The third-order valence-electron chi connectivity index (χ3n) is 5.49. The van der Waals surface area contributed by atoms with E-state index in [1.165, 1.54) is 21.7 Å². The molecule has 0 bridgehead atoms. The molecule has 3 heterocycles. The lowest BCUT2D eigenvalue weighted by atomic mass is 9.99. The third kappa shape index (κ3) is 5.33. The molecule has 1 aliphatic rings. The summed E-state index contributed by atoms with van der Waals surface area (Å²) in [7, 11) is -2.05. The normalized spacial score (nSPS) is 18.2. The van der Waals surface area contributed by atoms with Gasteiger partial charge >= 0.3 is 0 Å². The third-order valence-corrected chi connectivity index (χ3v) is 10.7. The smallest absolute Gasteiger partial charge is 0.252 e. The molecule has 7 nitrogen and oxygen atoms in total. The number of halogens is 1. The van der Waals surface area contributed by atoms with Crippen LogP contribution in [-0.4, -0.2) is 55.4 Å². The molecule has 4 rings (SSSR count). The van der Waals surface area contributed by atoms with Gasteiger partial charge in [-0.15, -0.1) is 11.3 Å². The van der Waals surface area contributed by atoms with Crippen molar-refractivity contribution in [1.82, 2.24) is 8.87 Å². The summed E-state index contributed by atoms with van der Waals surface area (Å²) in [6, 6.07) is 8.91. The summed E-state index contributed by atoms with van der Waals surface area (Å²) in [5.41, 5.74) is 0.974. The van der Waals surface area contributed by atoms with E-state index in [4.69, 9.17) is 16.3 Å². The fraction of sp³-hybridized carbons (Fsp3) is 0.429. The van der Waals surface area contributed by atoms with Crippen molar-refractivity contribution < 1.29 is 17.9 Å². The van der Waals surface area contributed by atoms with Gasteiger partial charge in [0, 0.05) is 31.5 Å². The highest BCUT2D eigenvalue weighted by molar-refractivity contribution is 7.98. The van der Waals surface area contributed by atoms with Crippen LogP contribution in [0.5, 0.6) is 5.75 Å². The molecule has 12 heteroatoms. The van der Waals surface area contributed by atoms with E-state index in [9.17, 15) is 13.2 Å². The molecular formula is C21H24ClN3O4S4. The zero-order valence-corrected chi connectivity index (χ0v) is 22.2. The van der Waals surface area contributed by atoms with Gasteiger partial charge in [-0.1, -0.05) is 22.9 Å². The standard InChI is InChI=1S/C21H24ClN3O4S4/c1-29-15-5-6-17-16(12-15)25(10-11-30-2)21(31-17)23-20(26)14-4-3-9-24(13-14)33(27,28)19-8-7-18(22)32-19/h5-8,12,14H,3-4,9-11,13H2,1-2H3. The van der Waals surface area contributed by atoms with Gasteiger partial charge in [0.1, 0.15) is 9.96 Å². The van der Waals surface area contributed by atoms with E-state index >= 15 is 0 Å². The van der Waals surface area contributed by atoms with Crippen molar-refractivity contribution in [2.75, 3.05) is 32.2 Å². The molecule has 0 saturated carbocycles. The highest BCUT2D eigenvalue weighted by Crippen LogP contribution is 2.31. The maximum absolute atomic E-state index is 13.2. The minimum Gasteiger partial charge on any atom is -0.497 e. The Morgan fingerprint density at radius 2 is 2.12 bits per heavy atom. The average Bonchev–Trinajstić information content (AvgIpc) is 3.40. The number of carbonyl (C=O) groups is 1. The van der Waals surface area contributed by atoms with Gasteiger partial charge in [0.05, 0.1) is 27.6 Å². The van der Waals surface area contributed by atoms with Gasteiger partial charge in [0.2, 0.25) is 0 Å². The van der Waals surface area contributed by atoms with Crippen LogP contribution in [0.1, 0.15) is 12.8 Å². The van der Waals surface area contributed by atoms with Crippen molar-refractivity contribution in [2.24, 2.45) is 10.9 Å². The Kier molecular flexibility index (Phi) is 7.87. The number of thiophene rings is 1. The summed E-state index contributed by atoms with van der Waals surface area (Å²) in [5, 5.41) is 0. The molecule has 2 aromatic heterocycles. The summed E-state index contributed by atoms with van der Waals surface area (Å²) in [4.78, 5) is 18.3. The number of nitrogens with zero attached hydrogens (tertiary/aromatic N) is 3. The zero-order chi connectivity index (χ0) is 23.6. The number of ether oxygens (including phenoxy) is 1. The van der Waals surface area contributed by atoms with Crippen LogP contribution in [-0.2, 0) is 21.4 Å². The van der Waals surface area contributed by atoms with E-state index in [1.54, 1.807) is 24.9 Å². The number of piperidine rings is 1. The van der Waals surface area contributed by atoms with Crippen molar-refractivity contribution >= 4 is 72.2 Å². The first-order valence-electron chi connectivity index (χ1n) is 10.3. The second kappa shape index (κ2) is 10.5. The SMILES string of the molecule is COc1ccc2sc(=NC(=O)C3CCCN(S(=O)(=O)c4ccc(Cl)s4)C3)n(CCSC)c2c1. The van der Waals surface area contributed by atoms with Gasteiger partial charge in [-0.25, -0.2) is 8.42 Å². The van der Waals surface area contributed by atoms with Crippen LogP contribution in [0.25, 0.3) is 10.2 Å². The Balaban J connectivity index is 1.63. The van der Waals surface area contributed by atoms with Crippen LogP contribution < -0.4 is 9.54 Å². The van der Waals surface area contributed by atoms with Gasteiger partial charge in [0.15, 0.2) is 4.80 Å². The largest absolute Gasteiger partial charge is 0.497 e. The quantitative estimate of drug-likeness (QED) is 0.442. The molecule has 0 aliphatic carbocycles. The van der Waals surface area contributed by atoms with Gasteiger partial charge in [-0.2, -0.15) is 21.1 Å². The predicted octanol–water partition coefficient (Wildman–Crippen LogP) is 4.32. The number of amides is 1. The summed E-state index contributed by atoms with van der Waals surface area (Å²) < 4.78 is 36.4. The van der Waals surface area contributed by atoms with Gasteiger partial charge in [-0.05, 0) is 43.4 Å². The molecule has 1 atom stereocenters. The lowest BCUT2D eigenvalue weighted by Crippen LogP contribution is -2.42. The number of sulfonamides is 1. The highest BCUT2D eigenvalue weighted by atomic mass is 35.5. The number of fused-ring (bicyclic) bond motifs is 1. The van der Waals surface area contributed by atoms with Gasteiger partial charge in [0.25, 0.3) is 15.9 Å². The lowest BCUT2D eigenvalue weighted by molar-refractivity contribution is -0.122. The summed E-state index contributed by atoms with van der Waals surface area (Å²) >= 11 is 10.1. The fourth-order valence-electron chi connectivity index (χ4n) is 3.77. The Bertz CT molecular complexity index is 1330. The Hall–Kier alpha value is -1.37. The summed E-state index contributed by atoms with van der Waals surface area (Å²) in [5.74, 6) is 0.870. The average molecular weight is 546 g/mol. The first kappa shape index (κ1) is 24.7. The number of hydrogen-bond acceptors (Lipinski definition) is 7. The molecule has 1 amide bonds. The van der Waals surface area contributed by atoms with Crippen LogP contribution in [0.4, 0.5) is 0 Å². The predicted molar refractivity (Wildman–Crippen MR) is 136 cm³/mol. The fourth-order valence-corrected chi connectivity index (χ4v) is 8.34. The van der Waals surface area contributed by atoms with Crippen LogP contribution in [0.2, 0.25) is 4.34 Å². The first-order chi connectivity index (χ1) is 15.8. The number of rotatable bonds is 7. The number of carbonyl (C=O) groups excluding carboxylic acids is 1. The second-order valence-corrected chi connectivity index (χ2v) is 13.4. The molecule has 0 N–H and O–H groups in total. The molecule has 1 fully saturated rings. The molecule has 1 aromatic carbocycles. The molecule has 0 radical (unpaired) electrons. The zero-order valence-electron chi connectivity index (χ0n) is 18.2. The van der Waals surface area contributed by atoms with Crippen molar-refractivity contribution in [3.8, 4) is 5.75 Å². The number of hydrogen-bond donors (Lipinski definition) is 0. The Morgan fingerprint density at radius 1 is 1.30 bits per heavy atom. The minimum absolute atomic E-state index is 0.129. The van der Waals surface area contributed by atoms with Crippen LogP contribution >= 0.6 is 46.0 Å². The topological polar surface area (TPSA) is 81.0 Å². The maximum atomic E-state index is 13.2. The number of benzene rings is 1. The Morgan fingerprint density at radius 3 is 2.82 bits per heavy atom. The number of aryl methyl sites for hydroxylation is 1. The number of methoxy groups -OCH3 is 1. The molecule has 1 unspecified atom stereocenters. The van der Waals surface area contributed by atoms with Crippen LogP contribution in [0.15, 0.2) is 39.5 Å². The van der Waals surface area contributed by atoms with E-state index < -0.39 is 15.9 Å². The molecule has 3 aromatic rings. The summed E-state index contributed by atoms with van der Waals surface area (Å²) in [6.45, 7) is 1.23. The second-order valence-electron chi connectivity index (χ2n) is 7.57. The van der Waals surface area contributed by atoms with Crippen LogP contribution in [0, 0.1) is 5.92 Å². The summed E-state index contributed by atoms with van der Waals surface area (Å²) in [6.07, 6.45) is 3.26. The van der Waals surface area contributed by atoms with Gasteiger partial charge in [-0.3, -0.25) is 4.79 Å². The van der Waals surface area contributed by atoms with Crippen molar-refractivity contribution in [1.29, 1.82) is 0 Å². The molecule has 33 heavy (non-hydrogen) atoms. The van der Waals surface area contributed by atoms with Crippen molar-refractivity contribution in [3.05, 3.63) is 39.5 Å². The van der Waals surface area contributed by atoms with Crippen molar-refractivity contribution in [3.63, 3.8) is 0 Å². The van der Waals surface area contributed by atoms with Crippen LogP contribution in [0.3, 0.4) is 0 Å². The molecule has 1 saturated heterocycles. The maximum Gasteiger partial charge on any atom is 0.252 e. The van der Waals surface area contributed by atoms with E-state index in [1.807, 2.05) is 29.0 Å². The monoisotopic (exact) mass is 545 g/mol. The van der Waals surface area contributed by atoms with Crippen molar-refractivity contribution in [2.45, 2.75) is 23.6 Å². The molecule has 0 spiro atoms. The van der Waals surface area contributed by atoms with E-state index in [2.05, 4.69) is 4.99 Å². The molecular weight excluding hydrogens is 522 g/mol. The van der Waals surface area contributed by atoms with E-state index in [-0.39, 0.29) is 16.7 Å². The molecule has 1 aliphatic heterocycles.